The molecule has 138 valence electrons. The van der Waals surface area contributed by atoms with Crippen LogP contribution in [0, 0.1) is 5.82 Å². The van der Waals surface area contributed by atoms with Crippen LogP contribution in [0.25, 0.3) is 0 Å². The Kier molecular flexibility index (Phi) is 5.94. The van der Waals surface area contributed by atoms with Crippen molar-refractivity contribution in [3.05, 3.63) is 59.9 Å². The van der Waals surface area contributed by atoms with E-state index in [1.54, 1.807) is 12.1 Å². The summed E-state index contributed by atoms with van der Waals surface area (Å²) in [6, 6.07) is 13.8. The molecular formula is C20H25FN4O. The molecule has 1 aliphatic rings. The molecule has 1 aliphatic heterocycles. The number of nitrogens with zero attached hydrogens (tertiary/aromatic N) is 3. The molecule has 0 radical (unpaired) electrons. The zero-order chi connectivity index (χ0) is 18.4. The number of phenolic OH excluding ortho intramolecular Hbond substituents is 1. The topological polar surface area (TPSA) is 51.1 Å². The number of aliphatic imine (C=N–C) groups is 1. The normalized spacial score (nSPS) is 15.2. The first-order chi connectivity index (χ1) is 12.7. The second-order valence-electron chi connectivity index (χ2n) is 6.29. The molecule has 0 amide bonds. The summed E-state index contributed by atoms with van der Waals surface area (Å²) in [6.45, 7) is 6.90. The Bertz CT molecular complexity index is 722. The van der Waals surface area contributed by atoms with Gasteiger partial charge in [0.2, 0.25) is 0 Å². The fraction of sp³-hybridized carbons (Fsp3) is 0.350. The minimum absolute atomic E-state index is 0.205. The van der Waals surface area contributed by atoms with Crippen LogP contribution in [0.15, 0.2) is 53.5 Å². The second kappa shape index (κ2) is 8.56. The smallest absolute Gasteiger partial charge is 0.194 e. The number of nitrogens with one attached hydrogen (secondary N) is 1. The molecule has 1 fully saturated rings. The van der Waals surface area contributed by atoms with Gasteiger partial charge in [-0.05, 0) is 48.9 Å². The van der Waals surface area contributed by atoms with Crippen LogP contribution in [0.1, 0.15) is 12.5 Å². The van der Waals surface area contributed by atoms with Gasteiger partial charge < -0.3 is 20.2 Å². The zero-order valence-electron chi connectivity index (χ0n) is 15.0. The number of phenols is 1. The van der Waals surface area contributed by atoms with Gasteiger partial charge in [0.15, 0.2) is 5.96 Å². The van der Waals surface area contributed by atoms with E-state index >= 15 is 0 Å². The predicted molar refractivity (Wildman–Crippen MR) is 103 cm³/mol. The summed E-state index contributed by atoms with van der Waals surface area (Å²) < 4.78 is 13.1. The van der Waals surface area contributed by atoms with Gasteiger partial charge in [0.25, 0.3) is 0 Å². The molecule has 6 heteroatoms. The van der Waals surface area contributed by atoms with Crippen molar-refractivity contribution >= 4 is 11.6 Å². The predicted octanol–water partition coefficient (Wildman–Crippen LogP) is 2.82. The monoisotopic (exact) mass is 356 g/mol. The highest BCUT2D eigenvalue weighted by Gasteiger charge is 2.19. The molecular weight excluding hydrogens is 331 g/mol. The lowest BCUT2D eigenvalue weighted by molar-refractivity contribution is 0.372. The summed E-state index contributed by atoms with van der Waals surface area (Å²) in [5.74, 6) is 0.962. The molecule has 2 aromatic carbocycles. The minimum Gasteiger partial charge on any atom is -0.508 e. The first-order valence-electron chi connectivity index (χ1n) is 8.97. The summed E-state index contributed by atoms with van der Waals surface area (Å²) in [4.78, 5) is 9.25. The van der Waals surface area contributed by atoms with Gasteiger partial charge in [-0.25, -0.2) is 9.38 Å². The van der Waals surface area contributed by atoms with Crippen molar-refractivity contribution in [2.24, 2.45) is 4.99 Å². The van der Waals surface area contributed by atoms with Crippen LogP contribution in [0.3, 0.4) is 0 Å². The maximum atomic E-state index is 13.1. The van der Waals surface area contributed by atoms with E-state index in [2.05, 4.69) is 22.0 Å². The van der Waals surface area contributed by atoms with E-state index in [1.165, 1.54) is 12.1 Å². The van der Waals surface area contributed by atoms with E-state index in [0.29, 0.717) is 6.54 Å². The maximum absolute atomic E-state index is 13.1. The molecule has 0 spiro atoms. The van der Waals surface area contributed by atoms with Crippen molar-refractivity contribution in [3.63, 3.8) is 0 Å². The number of hydrogen-bond acceptors (Lipinski definition) is 3. The fourth-order valence-corrected chi connectivity index (χ4v) is 3.02. The average molecular weight is 356 g/mol. The molecule has 0 saturated carbocycles. The van der Waals surface area contributed by atoms with E-state index < -0.39 is 0 Å². The van der Waals surface area contributed by atoms with Crippen LogP contribution in [0.5, 0.6) is 5.75 Å². The van der Waals surface area contributed by atoms with Crippen molar-refractivity contribution < 1.29 is 9.50 Å². The maximum Gasteiger partial charge on any atom is 0.194 e. The molecule has 3 rings (SSSR count). The summed E-state index contributed by atoms with van der Waals surface area (Å²) in [6.07, 6.45) is 0. The number of rotatable bonds is 4. The van der Waals surface area contributed by atoms with E-state index in [0.717, 1.165) is 49.9 Å². The van der Waals surface area contributed by atoms with Crippen LogP contribution < -0.4 is 10.2 Å². The van der Waals surface area contributed by atoms with E-state index in [-0.39, 0.29) is 11.6 Å². The van der Waals surface area contributed by atoms with Gasteiger partial charge in [-0.1, -0.05) is 12.1 Å². The SMILES string of the molecule is CCNC(=NCc1ccc(O)cc1)N1CCN(c2ccc(F)cc2)CC1. The van der Waals surface area contributed by atoms with Crippen LogP contribution >= 0.6 is 0 Å². The number of hydrogen-bond donors (Lipinski definition) is 2. The number of benzene rings is 2. The molecule has 0 bridgehead atoms. The Morgan fingerprint density at radius 1 is 1.04 bits per heavy atom. The van der Waals surface area contributed by atoms with Gasteiger partial charge in [-0.2, -0.15) is 0 Å². The Labute approximate surface area is 153 Å². The third-order valence-corrected chi connectivity index (χ3v) is 4.45. The van der Waals surface area contributed by atoms with Crippen LogP contribution in [0.4, 0.5) is 10.1 Å². The zero-order valence-corrected chi connectivity index (χ0v) is 15.0. The Morgan fingerprint density at radius 2 is 1.69 bits per heavy atom. The molecule has 26 heavy (non-hydrogen) atoms. The molecule has 1 heterocycles. The minimum atomic E-state index is -0.205. The van der Waals surface area contributed by atoms with Gasteiger partial charge in [-0.3, -0.25) is 0 Å². The summed E-state index contributed by atoms with van der Waals surface area (Å²) >= 11 is 0. The number of anilines is 1. The quantitative estimate of drug-likeness (QED) is 0.653. The van der Waals surface area contributed by atoms with Crippen molar-refractivity contribution in [2.75, 3.05) is 37.6 Å². The molecule has 0 aliphatic carbocycles. The largest absolute Gasteiger partial charge is 0.508 e. The lowest BCUT2D eigenvalue weighted by atomic mass is 10.2. The number of piperazine rings is 1. The lowest BCUT2D eigenvalue weighted by Gasteiger charge is -2.37. The third kappa shape index (κ3) is 4.65. The summed E-state index contributed by atoms with van der Waals surface area (Å²) in [7, 11) is 0. The van der Waals surface area contributed by atoms with Gasteiger partial charge >= 0.3 is 0 Å². The standard InChI is InChI=1S/C20H25FN4O/c1-2-22-20(23-15-16-3-9-19(26)10-4-16)25-13-11-24(12-14-25)18-7-5-17(21)6-8-18/h3-10,26H,2,11-15H2,1H3,(H,22,23). The van der Waals surface area contributed by atoms with Crippen molar-refractivity contribution in [1.82, 2.24) is 10.2 Å². The van der Waals surface area contributed by atoms with Crippen molar-refractivity contribution in [1.29, 1.82) is 0 Å². The number of aromatic hydroxyl groups is 1. The van der Waals surface area contributed by atoms with Gasteiger partial charge in [-0.15, -0.1) is 0 Å². The molecule has 5 nitrogen and oxygen atoms in total. The highest BCUT2D eigenvalue weighted by atomic mass is 19.1. The lowest BCUT2D eigenvalue weighted by Crippen LogP contribution is -2.52. The van der Waals surface area contributed by atoms with Crippen LogP contribution in [-0.2, 0) is 6.54 Å². The Morgan fingerprint density at radius 3 is 2.31 bits per heavy atom. The highest BCUT2D eigenvalue weighted by Crippen LogP contribution is 2.17. The molecule has 1 saturated heterocycles. The molecule has 0 atom stereocenters. The van der Waals surface area contributed by atoms with Crippen LogP contribution in [0.2, 0.25) is 0 Å². The highest BCUT2D eigenvalue weighted by molar-refractivity contribution is 5.80. The second-order valence-corrected chi connectivity index (χ2v) is 6.29. The molecule has 0 aromatic heterocycles. The number of halogens is 1. The third-order valence-electron chi connectivity index (χ3n) is 4.45. The first kappa shape index (κ1) is 18.0. The van der Waals surface area contributed by atoms with Gasteiger partial charge in [0.1, 0.15) is 11.6 Å². The summed E-state index contributed by atoms with van der Waals surface area (Å²) in [5.41, 5.74) is 2.11. The van der Waals surface area contributed by atoms with Gasteiger partial charge in [0.05, 0.1) is 6.54 Å². The fourth-order valence-electron chi connectivity index (χ4n) is 3.02. The van der Waals surface area contributed by atoms with Crippen molar-refractivity contribution in [3.8, 4) is 5.75 Å². The molecule has 0 unspecified atom stereocenters. The Balaban J connectivity index is 1.61. The number of guanidine groups is 1. The first-order valence-corrected chi connectivity index (χ1v) is 8.97. The molecule has 2 aromatic rings. The summed E-state index contributed by atoms with van der Waals surface area (Å²) in [5, 5.41) is 12.7. The van der Waals surface area contributed by atoms with Crippen molar-refractivity contribution in [2.45, 2.75) is 13.5 Å². The van der Waals surface area contributed by atoms with E-state index in [9.17, 15) is 9.50 Å². The Hall–Kier alpha value is -2.76. The average Bonchev–Trinajstić information content (AvgIpc) is 2.67. The van der Waals surface area contributed by atoms with Crippen LogP contribution in [-0.4, -0.2) is 48.7 Å². The van der Waals surface area contributed by atoms with E-state index in [1.807, 2.05) is 24.3 Å². The molecule has 2 N–H and O–H groups in total. The van der Waals surface area contributed by atoms with Gasteiger partial charge in [0, 0.05) is 38.4 Å². The van der Waals surface area contributed by atoms with E-state index in [4.69, 9.17) is 4.99 Å².